The Morgan fingerprint density at radius 3 is 2.60 bits per heavy atom. The number of halogens is 1. The number of hydrogen-bond donors (Lipinski definition) is 0. The number of likely N-dealkylation sites (tertiary alicyclic amines) is 1. The van der Waals surface area contributed by atoms with Crippen LogP contribution in [0.1, 0.15) is 29.6 Å². The van der Waals surface area contributed by atoms with Crippen LogP contribution in [0.25, 0.3) is 0 Å². The van der Waals surface area contributed by atoms with E-state index in [2.05, 4.69) is 20.8 Å². The minimum Gasteiger partial charge on any atom is -0.305 e. The number of benzene rings is 1. The van der Waals surface area contributed by atoms with Gasteiger partial charge in [-0.15, -0.1) is 0 Å². The number of nitrogens with zero attached hydrogens (tertiary/aromatic N) is 2. The van der Waals surface area contributed by atoms with E-state index in [1.54, 1.807) is 17.0 Å². The Hall–Kier alpha value is -1.20. The van der Waals surface area contributed by atoms with Crippen molar-refractivity contribution >= 4 is 33.3 Å². The number of fused-ring (bicyclic) bond motifs is 1. The van der Waals surface area contributed by atoms with Gasteiger partial charge in [-0.2, -0.15) is 0 Å². The molecule has 1 amide bonds. The predicted molar refractivity (Wildman–Crippen MR) is 81.1 cm³/mol. The van der Waals surface area contributed by atoms with Crippen molar-refractivity contribution in [1.82, 2.24) is 4.90 Å². The van der Waals surface area contributed by atoms with Crippen molar-refractivity contribution in [3.63, 3.8) is 0 Å². The molecule has 0 unspecified atom stereocenters. The highest BCUT2D eigenvalue weighted by Crippen LogP contribution is 2.31. The summed E-state index contributed by atoms with van der Waals surface area (Å²) in [7, 11) is 0. The van der Waals surface area contributed by atoms with Crippen LogP contribution in [0, 0.1) is 0 Å². The molecule has 1 aromatic carbocycles. The molecule has 2 aliphatic rings. The molecular weight excluding hydrogens is 320 g/mol. The molecule has 0 atom stereocenters. The molecule has 0 saturated carbocycles. The van der Waals surface area contributed by atoms with Crippen molar-refractivity contribution in [2.75, 3.05) is 31.1 Å². The third-order valence-electron chi connectivity index (χ3n) is 3.99. The van der Waals surface area contributed by atoms with Gasteiger partial charge in [0.25, 0.3) is 11.7 Å². The average Bonchev–Trinajstić information content (AvgIpc) is 3.02. The summed E-state index contributed by atoms with van der Waals surface area (Å²) in [5, 5.41) is 0. The molecule has 1 fully saturated rings. The predicted octanol–water partition coefficient (Wildman–Crippen LogP) is 2.46. The minimum absolute atomic E-state index is 0.381. The largest absolute Gasteiger partial charge is 0.305 e. The van der Waals surface area contributed by atoms with E-state index in [9.17, 15) is 9.59 Å². The first-order chi connectivity index (χ1) is 9.66. The average molecular weight is 337 g/mol. The van der Waals surface area contributed by atoms with Gasteiger partial charge in [-0.25, -0.2) is 0 Å². The molecule has 0 spiro atoms. The second-order valence-corrected chi connectivity index (χ2v) is 6.27. The lowest BCUT2D eigenvalue weighted by atomic mass is 10.1. The van der Waals surface area contributed by atoms with Crippen molar-refractivity contribution < 1.29 is 9.59 Å². The topological polar surface area (TPSA) is 40.6 Å². The summed E-state index contributed by atoms with van der Waals surface area (Å²) in [4.78, 5) is 28.0. The van der Waals surface area contributed by atoms with E-state index >= 15 is 0 Å². The minimum atomic E-state index is -0.389. The standard InChI is InChI=1S/C15H17BrN2O2/c16-11-4-5-12-13(10-11)18(15(20)14(12)19)9-3-8-17-6-1-2-7-17/h4-5,10H,1-3,6-9H2. The maximum Gasteiger partial charge on any atom is 0.299 e. The summed E-state index contributed by atoms with van der Waals surface area (Å²) in [6.07, 6.45) is 3.46. The Kier molecular flexibility index (Phi) is 3.89. The number of hydrogen-bond acceptors (Lipinski definition) is 3. The molecule has 0 radical (unpaired) electrons. The lowest BCUT2D eigenvalue weighted by Gasteiger charge is -2.19. The summed E-state index contributed by atoms with van der Waals surface area (Å²) in [5.41, 5.74) is 1.27. The number of amides is 1. The SMILES string of the molecule is O=C1C(=O)N(CCCN2CCCC2)c2cc(Br)ccc21. The highest BCUT2D eigenvalue weighted by atomic mass is 79.9. The fraction of sp³-hybridized carbons (Fsp3) is 0.467. The lowest BCUT2D eigenvalue weighted by Crippen LogP contribution is -2.33. The van der Waals surface area contributed by atoms with Crippen LogP contribution >= 0.6 is 15.9 Å². The summed E-state index contributed by atoms with van der Waals surface area (Å²) in [5.74, 6) is -0.770. The number of carbonyl (C=O) groups is 2. The Morgan fingerprint density at radius 2 is 1.85 bits per heavy atom. The van der Waals surface area contributed by atoms with Gasteiger partial charge in [0.15, 0.2) is 0 Å². The molecule has 4 nitrogen and oxygen atoms in total. The molecule has 2 heterocycles. The second kappa shape index (κ2) is 5.66. The van der Waals surface area contributed by atoms with E-state index < -0.39 is 0 Å². The maximum atomic E-state index is 12.0. The van der Waals surface area contributed by atoms with Crippen LogP contribution in [0.4, 0.5) is 5.69 Å². The molecule has 5 heteroatoms. The first kappa shape index (κ1) is 13.8. The Bertz CT molecular complexity index is 553. The summed E-state index contributed by atoms with van der Waals surface area (Å²) >= 11 is 3.40. The lowest BCUT2D eigenvalue weighted by molar-refractivity contribution is -0.114. The van der Waals surface area contributed by atoms with Crippen LogP contribution < -0.4 is 4.90 Å². The van der Waals surface area contributed by atoms with E-state index in [4.69, 9.17) is 0 Å². The van der Waals surface area contributed by atoms with Gasteiger partial charge in [0, 0.05) is 11.0 Å². The van der Waals surface area contributed by atoms with Crippen molar-refractivity contribution in [2.24, 2.45) is 0 Å². The molecular formula is C15H17BrN2O2. The van der Waals surface area contributed by atoms with Crippen molar-refractivity contribution in [3.05, 3.63) is 28.2 Å². The quantitative estimate of drug-likeness (QED) is 0.793. The number of rotatable bonds is 4. The zero-order valence-electron chi connectivity index (χ0n) is 11.3. The van der Waals surface area contributed by atoms with E-state index in [0.29, 0.717) is 12.1 Å². The summed E-state index contributed by atoms with van der Waals surface area (Å²) in [6.45, 7) is 3.94. The highest BCUT2D eigenvalue weighted by Gasteiger charge is 2.35. The molecule has 0 N–H and O–H groups in total. The van der Waals surface area contributed by atoms with E-state index in [0.717, 1.165) is 36.2 Å². The van der Waals surface area contributed by atoms with Crippen molar-refractivity contribution in [2.45, 2.75) is 19.3 Å². The van der Waals surface area contributed by atoms with Gasteiger partial charge >= 0.3 is 0 Å². The molecule has 0 bridgehead atoms. The van der Waals surface area contributed by atoms with Gasteiger partial charge in [0.2, 0.25) is 0 Å². The Balaban J connectivity index is 1.68. The van der Waals surface area contributed by atoms with Crippen LogP contribution in [0.5, 0.6) is 0 Å². The molecule has 20 heavy (non-hydrogen) atoms. The zero-order valence-corrected chi connectivity index (χ0v) is 12.9. The van der Waals surface area contributed by atoms with Gasteiger partial charge in [-0.1, -0.05) is 15.9 Å². The van der Waals surface area contributed by atoms with E-state index in [1.807, 2.05) is 6.07 Å². The first-order valence-corrected chi connectivity index (χ1v) is 7.84. The Labute approximate surface area is 126 Å². The fourth-order valence-electron chi connectivity index (χ4n) is 2.95. The molecule has 3 rings (SSSR count). The molecule has 0 aliphatic carbocycles. The van der Waals surface area contributed by atoms with Crippen molar-refractivity contribution in [3.8, 4) is 0 Å². The smallest absolute Gasteiger partial charge is 0.299 e. The monoisotopic (exact) mass is 336 g/mol. The van der Waals surface area contributed by atoms with Crippen LogP contribution in [-0.2, 0) is 4.79 Å². The van der Waals surface area contributed by atoms with Gasteiger partial charge in [0.05, 0.1) is 11.3 Å². The molecule has 2 aliphatic heterocycles. The molecule has 0 aromatic heterocycles. The molecule has 1 saturated heterocycles. The number of Topliss-reactive ketones (excluding diaryl/α,β-unsaturated/α-hetero) is 1. The summed E-state index contributed by atoms with van der Waals surface area (Å²) in [6, 6.07) is 5.38. The number of ketones is 1. The van der Waals surface area contributed by atoms with Crippen LogP contribution in [-0.4, -0.2) is 42.8 Å². The highest BCUT2D eigenvalue weighted by molar-refractivity contribution is 9.10. The fourth-order valence-corrected chi connectivity index (χ4v) is 3.30. The molecule has 1 aromatic rings. The van der Waals surface area contributed by atoms with E-state index in [-0.39, 0.29) is 11.7 Å². The van der Waals surface area contributed by atoms with Crippen LogP contribution in [0.15, 0.2) is 22.7 Å². The molecule has 106 valence electrons. The number of anilines is 1. The normalized spacial score (nSPS) is 18.9. The van der Waals surface area contributed by atoms with Gasteiger partial charge in [-0.3, -0.25) is 9.59 Å². The number of carbonyl (C=O) groups excluding carboxylic acids is 2. The van der Waals surface area contributed by atoms with Crippen molar-refractivity contribution in [1.29, 1.82) is 0 Å². The first-order valence-electron chi connectivity index (χ1n) is 7.05. The zero-order chi connectivity index (χ0) is 14.1. The third kappa shape index (κ3) is 2.52. The van der Waals surface area contributed by atoms with Gasteiger partial charge in [0.1, 0.15) is 0 Å². The summed E-state index contributed by atoms with van der Waals surface area (Å²) < 4.78 is 0.892. The van der Waals surface area contributed by atoms with Gasteiger partial charge < -0.3 is 9.80 Å². The van der Waals surface area contributed by atoms with Gasteiger partial charge in [-0.05, 0) is 57.1 Å². The van der Waals surface area contributed by atoms with E-state index in [1.165, 1.54) is 12.8 Å². The van der Waals surface area contributed by atoms with Crippen LogP contribution in [0.2, 0.25) is 0 Å². The third-order valence-corrected chi connectivity index (χ3v) is 4.48. The maximum absolute atomic E-state index is 12.0. The Morgan fingerprint density at radius 1 is 1.10 bits per heavy atom. The van der Waals surface area contributed by atoms with Crippen LogP contribution in [0.3, 0.4) is 0 Å². The second-order valence-electron chi connectivity index (χ2n) is 5.35.